The van der Waals surface area contributed by atoms with Crippen molar-refractivity contribution >= 4 is 81.6 Å². The van der Waals surface area contributed by atoms with Crippen LogP contribution in [0.2, 0.25) is 0 Å². The third kappa shape index (κ3) is 26.7. The molecule has 14 N–H and O–H groups in total. The summed E-state index contributed by atoms with van der Waals surface area (Å²) in [4.78, 5) is 170. The second kappa shape index (κ2) is 38.4. The highest BCUT2D eigenvalue weighted by atomic mass is 32.2. The number of hydrogen-bond donors (Lipinski definition) is 14. The van der Waals surface area contributed by atoms with Crippen LogP contribution in [0.3, 0.4) is 0 Å². The molecule has 0 aliphatic rings. The molecule has 0 aliphatic carbocycles. The molecule has 104 heavy (non-hydrogen) atoms. The number of H-pyrrole nitrogens is 1. The maximum absolute atomic E-state index is 12.8. The van der Waals surface area contributed by atoms with Crippen LogP contribution in [0.1, 0.15) is 164 Å². The second-order valence-electron chi connectivity index (χ2n) is 25.8. The highest BCUT2D eigenvalue weighted by Crippen LogP contribution is 2.27. The fraction of sp³-hybridized carbons (Fsp3) is 0.370. The Morgan fingerprint density at radius 3 is 1.12 bits per heavy atom. The van der Waals surface area contributed by atoms with Gasteiger partial charge in [0.05, 0.1) is 18.1 Å². The number of aromatic nitrogens is 1. The van der Waals surface area contributed by atoms with Gasteiger partial charge in [0, 0.05) is 58.6 Å². The molecule has 1 aromatic heterocycles. The minimum absolute atomic E-state index is 0.0000710. The van der Waals surface area contributed by atoms with Crippen molar-refractivity contribution in [3.05, 3.63) is 170 Å². The minimum Gasteiger partial charge on any atom is -0.504 e. The summed E-state index contributed by atoms with van der Waals surface area (Å²) in [6.07, 6.45) is 3.85. The van der Waals surface area contributed by atoms with Crippen LogP contribution < -0.4 is 43.0 Å². The van der Waals surface area contributed by atoms with Gasteiger partial charge in [-0.05, 0) is 204 Å². The van der Waals surface area contributed by atoms with E-state index in [-0.39, 0.29) is 82.6 Å². The maximum Gasteiger partial charge on any atom is 0.329 e. The monoisotopic (exact) mass is 1470 g/mol. The number of aromatic hydroxyl groups is 8. The number of carbonyl (C=O) groups excluding carboxylic acids is 9. The number of fused-ring (bicyclic) bond motifs is 1. The molecule has 560 valence electrons. The van der Waals surface area contributed by atoms with Gasteiger partial charge < -0.3 is 81.7 Å². The summed E-state index contributed by atoms with van der Waals surface area (Å²) >= 11 is 1.56. The lowest BCUT2D eigenvalue weighted by Crippen LogP contribution is -2.44. The van der Waals surface area contributed by atoms with E-state index in [1.807, 2.05) is 30.5 Å². The standard InChI is InChI=1S/C22H31NO8.C21H20N2O5.C15H17NO7.C15H19NO5S/c1-12-10-15(24)18(27)16(25)11-13(12)19(28)23-14(20(29)31-22(5,6)7)8-9-17(26)30-21(2,3)4;1-11-7-18(25)20(27)19(26)9-15(11)21(28)23-17(12(2)24)8-13-10-22-16-6-4-3-5-14(13)16;1-7-5-11(18)14(22)12(19)6-9(7)15(23)16-10(8(2)17)3-4-13(20)21;1-8-6-12(18)14(20)13(19)7-10(8)15(21)16-11(9(2)17)4-5-22-3/h10-11,14H,8-9H2,1-7H3,(H,23,28)(H2,24,25,27);3-7,9-10,17,22H,8H2,1-2H3,(H,23,28)(H2,25,26,27);5-6,10H,3-4H2,1-2H3,(H,16,23)(H,20,21)(H2,18,19,22);6-7,11H,4-5H2,1-3H3,(H,16,21)(H2,18,19,20)/t;17-;;11-/m.0.0/s1. The van der Waals surface area contributed by atoms with Crippen molar-refractivity contribution in [2.75, 3.05) is 12.0 Å². The molecule has 6 rings (SSSR count). The predicted octanol–water partition coefficient (Wildman–Crippen LogP) is 6.03. The number of para-hydroxylation sites is 1. The number of aryl methyl sites for hydroxylation is 4. The van der Waals surface area contributed by atoms with Crippen LogP contribution in [-0.4, -0.2) is 157 Å². The molecule has 0 aliphatic heterocycles. The van der Waals surface area contributed by atoms with E-state index in [0.29, 0.717) is 17.7 Å². The zero-order valence-corrected chi connectivity index (χ0v) is 60.5. The van der Waals surface area contributed by atoms with E-state index in [1.54, 1.807) is 59.5 Å². The highest BCUT2D eigenvalue weighted by Gasteiger charge is 2.31. The van der Waals surface area contributed by atoms with Crippen molar-refractivity contribution in [1.29, 1.82) is 0 Å². The molecule has 4 amide bonds. The summed E-state index contributed by atoms with van der Waals surface area (Å²) in [5, 5.41) is 96.5. The minimum atomic E-state index is -1.19. The van der Waals surface area contributed by atoms with Gasteiger partial charge in [-0.1, -0.05) is 18.2 Å². The Kier molecular flexibility index (Phi) is 32.0. The van der Waals surface area contributed by atoms with Crippen LogP contribution in [0.4, 0.5) is 0 Å². The van der Waals surface area contributed by atoms with Crippen molar-refractivity contribution in [2.24, 2.45) is 0 Å². The Balaban J connectivity index is 0.000000363. The fourth-order valence-corrected chi connectivity index (χ4v) is 9.90. The van der Waals surface area contributed by atoms with Gasteiger partial charge in [0.2, 0.25) is 44.7 Å². The number of carbonyl (C=O) groups is 10. The average Bonchev–Trinajstić information content (AvgIpc) is 1.66. The molecular formula is C73H87N5O25S. The van der Waals surface area contributed by atoms with Crippen LogP contribution in [0.25, 0.3) is 10.9 Å². The Morgan fingerprint density at radius 1 is 0.462 bits per heavy atom. The first kappa shape index (κ1) is 86.6. The van der Waals surface area contributed by atoms with E-state index in [0.717, 1.165) is 65.0 Å². The van der Waals surface area contributed by atoms with Crippen molar-refractivity contribution in [3.8, 4) is 46.0 Å². The van der Waals surface area contributed by atoms with Crippen LogP contribution >= 0.6 is 11.8 Å². The molecular weight excluding hydrogens is 1380 g/mol. The van der Waals surface area contributed by atoms with Gasteiger partial charge in [0.15, 0.2) is 40.3 Å². The number of Topliss-reactive ketones (excluding diaryl/α,β-unsaturated/α-hetero) is 3. The third-order valence-corrected chi connectivity index (χ3v) is 15.5. The molecule has 2 unspecified atom stereocenters. The number of carboxylic acids is 1. The normalized spacial score (nSPS) is 12.0. The van der Waals surface area contributed by atoms with Crippen molar-refractivity contribution in [3.63, 3.8) is 0 Å². The number of carboxylic acid groups (broad SMARTS) is 1. The number of amides is 4. The number of nitrogens with one attached hydrogen (secondary N) is 5. The van der Waals surface area contributed by atoms with E-state index in [2.05, 4.69) is 26.3 Å². The van der Waals surface area contributed by atoms with Crippen LogP contribution in [0.5, 0.6) is 46.0 Å². The van der Waals surface area contributed by atoms with Gasteiger partial charge in [-0.25, -0.2) is 4.79 Å². The third-order valence-electron chi connectivity index (χ3n) is 14.9. The van der Waals surface area contributed by atoms with Gasteiger partial charge in [-0.3, -0.25) is 62.3 Å². The number of benzene rings is 1. The lowest BCUT2D eigenvalue weighted by molar-refractivity contribution is -0.158. The molecule has 0 spiro atoms. The van der Waals surface area contributed by atoms with E-state index in [9.17, 15) is 108 Å². The van der Waals surface area contributed by atoms with E-state index >= 15 is 0 Å². The zero-order valence-electron chi connectivity index (χ0n) is 59.7. The first-order chi connectivity index (χ1) is 48.2. The topological polar surface area (TPSA) is 503 Å². The van der Waals surface area contributed by atoms with E-state index < -0.39 is 150 Å². The quantitative estimate of drug-likeness (QED) is 0.0325. The number of aromatic amines is 1. The number of aliphatic carboxylic acids is 1. The van der Waals surface area contributed by atoms with Gasteiger partial charge in [-0.15, -0.1) is 0 Å². The SMILES string of the molecule is CC(=O)C(CCC(=O)O)NC(=O)c1cc(O)c(O)c(=O)cc1C.CC(=O)[C@H](Cc1c[nH]c2ccccc12)NC(=O)c1cc(O)c(O)c(=O)cc1C.CSCC[C@H](NC(=O)c1cc(O)c(O)c(=O)cc1C)C(C)=O.Cc1cc(=O)c(O)c(O)cc1C(=O)NC(CCC(=O)OC(C)(C)C)C(=O)OC(C)(C)C. The molecule has 0 radical (unpaired) electrons. The van der Waals surface area contributed by atoms with Gasteiger partial charge >= 0.3 is 17.9 Å². The highest BCUT2D eigenvalue weighted by molar-refractivity contribution is 7.98. The fourth-order valence-electron chi connectivity index (χ4n) is 9.43. The largest absolute Gasteiger partial charge is 0.504 e. The summed E-state index contributed by atoms with van der Waals surface area (Å²) < 4.78 is 10.6. The van der Waals surface area contributed by atoms with E-state index in [4.69, 9.17) is 14.6 Å². The summed E-state index contributed by atoms with van der Waals surface area (Å²) in [5.41, 5.74) is -2.28. The number of esters is 2. The molecule has 0 saturated heterocycles. The van der Waals surface area contributed by atoms with Crippen LogP contribution in [0, 0.1) is 27.7 Å². The van der Waals surface area contributed by atoms with Crippen molar-refractivity contribution < 1.29 is 103 Å². The van der Waals surface area contributed by atoms with Gasteiger partial charge in [0.25, 0.3) is 23.6 Å². The number of ketones is 3. The summed E-state index contributed by atoms with van der Waals surface area (Å²) in [7, 11) is 0. The average molecular weight is 1470 g/mol. The molecule has 1 heterocycles. The smallest absolute Gasteiger partial charge is 0.329 e. The molecule has 31 heteroatoms. The molecule has 0 bridgehead atoms. The zero-order chi connectivity index (χ0) is 79.2. The molecule has 0 fully saturated rings. The van der Waals surface area contributed by atoms with Crippen LogP contribution in [-0.2, 0) is 44.7 Å². The number of thioether (sulfide) groups is 1. The Hall–Kier alpha value is -11.6. The Morgan fingerprint density at radius 2 is 0.788 bits per heavy atom. The summed E-state index contributed by atoms with van der Waals surface area (Å²) in [6, 6.07) is 12.0. The Labute approximate surface area is 600 Å². The second-order valence-corrected chi connectivity index (χ2v) is 26.8. The van der Waals surface area contributed by atoms with Crippen molar-refractivity contribution in [2.45, 2.75) is 164 Å². The molecule has 5 aromatic carbocycles. The number of hydrogen-bond acceptors (Lipinski definition) is 25. The molecule has 30 nitrogen and oxygen atoms in total. The maximum atomic E-state index is 12.8. The van der Waals surface area contributed by atoms with E-state index in [1.165, 1.54) is 48.5 Å². The predicted molar refractivity (Wildman–Crippen MR) is 383 cm³/mol. The van der Waals surface area contributed by atoms with Gasteiger partial charge in [-0.2, -0.15) is 11.8 Å². The molecule has 0 saturated carbocycles. The van der Waals surface area contributed by atoms with Crippen LogP contribution in [0.15, 0.2) is 98.2 Å². The first-order valence-corrected chi connectivity index (χ1v) is 33.3. The Bertz CT molecular complexity index is 4520. The molecule has 4 atom stereocenters. The lowest BCUT2D eigenvalue weighted by Gasteiger charge is -2.25. The van der Waals surface area contributed by atoms with Gasteiger partial charge in [0.1, 0.15) is 17.2 Å². The number of ether oxygens (including phenoxy) is 2. The lowest BCUT2D eigenvalue weighted by atomic mass is 10.0. The molecule has 6 aromatic rings. The summed E-state index contributed by atoms with van der Waals surface area (Å²) in [5.74, 6) is -11.6. The summed E-state index contributed by atoms with van der Waals surface area (Å²) in [6.45, 7) is 20.0. The number of rotatable bonds is 23. The first-order valence-electron chi connectivity index (χ1n) is 31.9. The van der Waals surface area contributed by atoms with Crippen molar-refractivity contribution in [1.82, 2.24) is 26.3 Å².